The number of nitrogens with one attached hydrogen (secondary N) is 2. The normalized spacial score (nSPS) is 17.0. The Kier molecular flexibility index (Phi) is 5.33. The summed E-state index contributed by atoms with van der Waals surface area (Å²) in [5.74, 6) is -0.980. The molecule has 0 radical (unpaired) electrons. The van der Waals surface area contributed by atoms with Crippen molar-refractivity contribution in [2.75, 3.05) is 0 Å². The Morgan fingerprint density at radius 3 is 2.64 bits per heavy atom. The second-order valence-electron chi connectivity index (χ2n) is 7.69. The summed E-state index contributed by atoms with van der Waals surface area (Å²) in [5.41, 5.74) is 3.59. The fourth-order valence-electron chi connectivity index (χ4n) is 4.08. The van der Waals surface area contributed by atoms with Gasteiger partial charge in [-0.2, -0.15) is 5.26 Å². The molecule has 33 heavy (non-hydrogen) atoms. The average molecular weight is 438 g/mol. The van der Waals surface area contributed by atoms with E-state index < -0.39 is 11.8 Å². The van der Waals surface area contributed by atoms with Crippen LogP contribution in [0.15, 0.2) is 78.9 Å². The zero-order valence-electron chi connectivity index (χ0n) is 17.5. The zero-order valence-corrected chi connectivity index (χ0v) is 17.5. The van der Waals surface area contributed by atoms with Gasteiger partial charge < -0.3 is 9.47 Å². The smallest absolute Gasteiger partial charge is 0.244 e. The Hall–Kier alpha value is -4.44. The number of fused-ring (bicyclic) bond motifs is 1. The van der Waals surface area contributed by atoms with Crippen LogP contribution in [0.5, 0.6) is 11.6 Å². The van der Waals surface area contributed by atoms with Gasteiger partial charge in [0.25, 0.3) is 0 Å². The topological polar surface area (TPSA) is 94.8 Å². The van der Waals surface area contributed by atoms with Crippen LogP contribution in [0.4, 0.5) is 4.39 Å². The molecular formula is C26H19FN4O2. The molecule has 2 heterocycles. The lowest BCUT2D eigenvalue weighted by Gasteiger charge is -2.28. The van der Waals surface area contributed by atoms with Crippen molar-refractivity contribution in [3.05, 3.63) is 101 Å². The predicted octanol–water partition coefficient (Wildman–Crippen LogP) is 5.44. The van der Waals surface area contributed by atoms with Gasteiger partial charge in [-0.25, -0.2) is 4.39 Å². The van der Waals surface area contributed by atoms with Crippen molar-refractivity contribution in [2.24, 2.45) is 5.92 Å². The van der Waals surface area contributed by atoms with Crippen molar-refractivity contribution in [2.45, 2.75) is 12.5 Å². The van der Waals surface area contributed by atoms with E-state index in [1.807, 2.05) is 48.5 Å². The highest BCUT2D eigenvalue weighted by atomic mass is 19.1. The van der Waals surface area contributed by atoms with Gasteiger partial charge in [-0.1, -0.05) is 60.7 Å². The fraction of sp³-hybridized carbons (Fsp3) is 0.115. The lowest BCUT2D eigenvalue weighted by molar-refractivity contribution is 0.299. The molecule has 0 saturated heterocycles. The Bertz CT molecular complexity index is 1360. The minimum atomic E-state index is -0.834. The van der Waals surface area contributed by atoms with Crippen molar-refractivity contribution in [1.29, 1.82) is 10.7 Å². The molecule has 0 fully saturated rings. The molecule has 4 aromatic rings. The van der Waals surface area contributed by atoms with Crippen LogP contribution in [-0.4, -0.2) is 16.1 Å². The summed E-state index contributed by atoms with van der Waals surface area (Å²) in [5, 5.41) is 25.4. The molecule has 162 valence electrons. The maximum Gasteiger partial charge on any atom is 0.244 e. The Balaban J connectivity index is 1.54. The van der Waals surface area contributed by atoms with Crippen molar-refractivity contribution >= 4 is 5.90 Å². The maximum absolute atomic E-state index is 14.0. The molecule has 2 unspecified atom stereocenters. The van der Waals surface area contributed by atoms with Gasteiger partial charge in [-0.05, 0) is 29.3 Å². The number of aromatic amines is 1. The van der Waals surface area contributed by atoms with Crippen molar-refractivity contribution in [1.82, 2.24) is 10.2 Å². The summed E-state index contributed by atoms with van der Waals surface area (Å²) >= 11 is 0. The minimum absolute atomic E-state index is 0.0770. The average Bonchev–Trinajstić information content (AvgIpc) is 3.26. The third-order valence-electron chi connectivity index (χ3n) is 5.67. The molecule has 3 aromatic carbocycles. The summed E-state index contributed by atoms with van der Waals surface area (Å²) in [4.78, 5) is 0. The summed E-state index contributed by atoms with van der Waals surface area (Å²) in [6.07, 6.45) is 0. The Morgan fingerprint density at radius 1 is 1.06 bits per heavy atom. The van der Waals surface area contributed by atoms with E-state index >= 15 is 0 Å². The van der Waals surface area contributed by atoms with Crippen LogP contribution in [0.1, 0.15) is 22.6 Å². The number of aromatic nitrogens is 2. The molecule has 0 spiro atoms. The fourth-order valence-corrected chi connectivity index (χ4v) is 4.08. The van der Waals surface area contributed by atoms with Crippen molar-refractivity contribution in [3.8, 4) is 29.0 Å². The molecule has 6 nitrogen and oxygen atoms in total. The van der Waals surface area contributed by atoms with E-state index in [9.17, 15) is 9.65 Å². The van der Waals surface area contributed by atoms with Crippen LogP contribution in [0.25, 0.3) is 11.3 Å². The number of nitriles is 1. The molecular weight excluding hydrogens is 419 g/mol. The van der Waals surface area contributed by atoms with E-state index in [1.54, 1.807) is 24.3 Å². The highest BCUT2D eigenvalue weighted by Gasteiger charge is 2.40. The molecule has 1 aliphatic rings. The van der Waals surface area contributed by atoms with Crippen molar-refractivity contribution in [3.63, 3.8) is 0 Å². The van der Waals surface area contributed by atoms with E-state index in [2.05, 4.69) is 16.3 Å². The predicted molar refractivity (Wildman–Crippen MR) is 120 cm³/mol. The third-order valence-corrected chi connectivity index (χ3v) is 5.67. The van der Waals surface area contributed by atoms with Crippen LogP contribution in [0.2, 0.25) is 0 Å². The van der Waals surface area contributed by atoms with E-state index in [-0.39, 0.29) is 24.2 Å². The zero-order chi connectivity index (χ0) is 22.8. The quantitative estimate of drug-likeness (QED) is 0.434. The van der Waals surface area contributed by atoms with Crippen molar-refractivity contribution < 1.29 is 13.9 Å². The second kappa shape index (κ2) is 8.60. The van der Waals surface area contributed by atoms with Gasteiger partial charge in [0.1, 0.15) is 24.1 Å². The first kappa shape index (κ1) is 20.5. The molecule has 1 aliphatic heterocycles. The molecule has 0 saturated carbocycles. The Morgan fingerprint density at radius 2 is 1.85 bits per heavy atom. The Labute approximate surface area is 189 Å². The van der Waals surface area contributed by atoms with Gasteiger partial charge in [-0.15, -0.1) is 5.10 Å². The first-order chi connectivity index (χ1) is 16.2. The van der Waals surface area contributed by atoms with E-state index in [1.165, 1.54) is 6.07 Å². The molecule has 2 atom stereocenters. The number of hydrogen-bond donors (Lipinski definition) is 2. The molecule has 5 rings (SSSR count). The van der Waals surface area contributed by atoms with Gasteiger partial charge in [-0.3, -0.25) is 10.5 Å². The molecule has 1 aromatic heterocycles. The molecule has 0 bridgehead atoms. The van der Waals surface area contributed by atoms with E-state index in [0.29, 0.717) is 11.3 Å². The number of benzene rings is 3. The van der Waals surface area contributed by atoms with Crippen LogP contribution in [0, 0.1) is 28.5 Å². The highest BCUT2D eigenvalue weighted by Crippen LogP contribution is 2.46. The summed E-state index contributed by atoms with van der Waals surface area (Å²) < 4.78 is 25.4. The number of hydrogen-bond acceptors (Lipinski definition) is 5. The number of H-pyrrole nitrogens is 1. The summed E-state index contributed by atoms with van der Waals surface area (Å²) in [6, 6.07) is 25.6. The van der Waals surface area contributed by atoms with Gasteiger partial charge in [0.15, 0.2) is 0 Å². The van der Waals surface area contributed by atoms with Gasteiger partial charge in [0.2, 0.25) is 11.8 Å². The van der Waals surface area contributed by atoms with Gasteiger partial charge in [0.05, 0.1) is 17.3 Å². The highest BCUT2D eigenvalue weighted by molar-refractivity contribution is 5.86. The van der Waals surface area contributed by atoms with Gasteiger partial charge >= 0.3 is 0 Å². The third kappa shape index (κ3) is 3.83. The van der Waals surface area contributed by atoms with Crippen LogP contribution >= 0.6 is 0 Å². The SMILES string of the molecule is N#CC1C(=N)Oc2n[nH]c(-c3ccccc3)c2C1c1cccc(OCc2ccccc2F)c1. The van der Waals surface area contributed by atoms with E-state index in [4.69, 9.17) is 14.9 Å². The van der Waals surface area contributed by atoms with Crippen LogP contribution in [0.3, 0.4) is 0 Å². The number of ether oxygens (including phenoxy) is 2. The lowest BCUT2D eigenvalue weighted by Crippen LogP contribution is -2.30. The largest absolute Gasteiger partial charge is 0.489 e. The lowest BCUT2D eigenvalue weighted by atomic mass is 9.79. The molecule has 0 amide bonds. The van der Waals surface area contributed by atoms with Crippen LogP contribution in [-0.2, 0) is 6.61 Å². The summed E-state index contributed by atoms with van der Waals surface area (Å²) in [6.45, 7) is 0.0770. The monoisotopic (exact) mass is 438 g/mol. The molecule has 7 heteroatoms. The van der Waals surface area contributed by atoms with E-state index in [0.717, 1.165) is 22.4 Å². The number of rotatable bonds is 5. The van der Waals surface area contributed by atoms with Gasteiger partial charge in [0, 0.05) is 11.5 Å². The number of halogens is 1. The molecule has 0 aliphatic carbocycles. The minimum Gasteiger partial charge on any atom is -0.489 e. The number of nitrogens with zero attached hydrogens (tertiary/aromatic N) is 2. The maximum atomic E-state index is 14.0. The first-order valence-electron chi connectivity index (χ1n) is 10.4. The van der Waals surface area contributed by atoms with Crippen LogP contribution < -0.4 is 9.47 Å². The summed E-state index contributed by atoms with van der Waals surface area (Å²) in [7, 11) is 0. The molecule has 2 N–H and O–H groups in total. The first-order valence-corrected chi connectivity index (χ1v) is 10.4. The standard InChI is InChI=1S/C26H19FN4O2/c27-21-12-5-4-9-18(21)15-32-19-11-6-10-17(13-19)22-20(14-28)25(29)33-26-23(22)24(30-31-26)16-7-2-1-3-8-16/h1-13,20,22,29H,15H2,(H,30,31). The second-order valence-corrected chi connectivity index (χ2v) is 7.69.